The van der Waals surface area contributed by atoms with Crippen LogP contribution in [0.2, 0.25) is 0 Å². The molecule has 3 aromatic heterocycles. The first-order chi connectivity index (χ1) is 34.1. The number of fused-ring (bicyclic) bond motifs is 6. The lowest BCUT2D eigenvalue weighted by Gasteiger charge is -2.16. The molecule has 52 heavy (non-hydrogen) atoms. The molecule has 0 N–H and O–H groups in total. The molecule has 0 spiro atoms. The summed E-state index contributed by atoms with van der Waals surface area (Å²) in [7, 11) is 0. The fourth-order valence-electron chi connectivity index (χ4n) is 6.27. The van der Waals surface area contributed by atoms with Gasteiger partial charge in [0, 0.05) is 41.0 Å². The predicted molar refractivity (Wildman–Crippen MR) is 211 cm³/mol. The molecule has 0 aliphatic heterocycles. The second kappa shape index (κ2) is 11.9. The minimum Gasteiger partial charge on any atom is -0.309 e. The van der Waals surface area contributed by atoms with Gasteiger partial charge in [0.15, 0.2) is 23.2 Å². The number of nitrogens with zero attached hydrogens (tertiary/aromatic N) is 6. The zero-order chi connectivity index (χ0) is 52.0. The van der Waals surface area contributed by atoms with Gasteiger partial charge < -0.3 is 9.13 Å². The Balaban J connectivity index is 1.38. The van der Waals surface area contributed by atoms with Crippen molar-refractivity contribution in [3.63, 3.8) is 0 Å². The summed E-state index contributed by atoms with van der Waals surface area (Å²) >= 11 is 0. The van der Waals surface area contributed by atoms with Gasteiger partial charge in [0.25, 0.3) is 0 Å². The van der Waals surface area contributed by atoms with Gasteiger partial charge in [-0.05, 0) is 54.5 Å². The Morgan fingerprint density at radius 3 is 1.31 bits per heavy atom. The third-order valence-electron chi connectivity index (χ3n) is 8.42. The van der Waals surface area contributed by atoms with Crippen molar-refractivity contribution in [1.82, 2.24) is 24.1 Å². The number of hydrogen-bond donors (Lipinski definition) is 0. The van der Waals surface area contributed by atoms with Crippen molar-refractivity contribution in [2.24, 2.45) is 0 Å². The minimum atomic E-state index is -0.751. The first-order valence-corrected chi connectivity index (χ1v) is 15.5. The predicted octanol–water partition coefficient (Wildman–Crippen LogP) is 11.6. The van der Waals surface area contributed by atoms with Gasteiger partial charge in [0.2, 0.25) is 0 Å². The Morgan fingerprint density at radius 1 is 0.462 bits per heavy atom. The van der Waals surface area contributed by atoms with Crippen LogP contribution in [0.4, 0.5) is 5.69 Å². The second-order valence-corrected chi connectivity index (χ2v) is 11.2. The highest BCUT2D eigenvalue weighted by Crippen LogP contribution is 2.38. The van der Waals surface area contributed by atoms with Gasteiger partial charge in [-0.1, -0.05) is 115 Å². The lowest BCUT2D eigenvalue weighted by molar-refractivity contribution is 1.06. The highest BCUT2D eigenvalue weighted by atomic mass is 15.1. The van der Waals surface area contributed by atoms with Crippen molar-refractivity contribution < 1.29 is 27.4 Å². The molecule has 242 valence electrons. The molecule has 0 fully saturated rings. The van der Waals surface area contributed by atoms with Gasteiger partial charge in [0.1, 0.15) is 0 Å². The molecule has 0 unspecified atom stereocenters. The van der Waals surface area contributed by atoms with E-state index in [0.717, 1.165) is 0 Å². The summed E-state index contributed by atoms with van der Waals surface area (Å²) in [6, 6.07) is -1.12. The van der Waals surface area contributed by atoms with Crippen molar-refractivity contribution in [1.29, 1.82) is 0 Å². The van der Waals surface area contributed by atoms with Crippen LogP contribution in [-0.2, 0) is 0 Å². The van der Waals surface area contributed by atoms with Gasteiger partial charge in [-0.3, -0.25) is 0 Å². The smallest absolute Gasteiger partial charge is 0.187 e. The van der Waals surface area contributed by atoms with E-state index in [9.17, 15) is 0 Å². The largest absolute Gasteiger partial charge is 0.309 e. The van der Waals surface area contributed by atoms with Crippen LogP contribution in [-0.4, -0.2) is 24.1 Å². The molecule has 10 aromatic rings. The van der Waals surface area contributed by atoms with Crippen LogP contribution in [0.25, 0.3) is 94.0 Å². The van der Waals surface area contributed by atoms with E-state index < -0.39 is 138 Å². The van der Waals surface area contributed by atoms with Crippen molar-refractivity contribution >= 4 is 49.3 Å². The van der Waals surface area contributed by atoms with Gasteiger partial charge in [-0.25, -0.2) is 19.8 Å². The Bertz CT molecular complexity index is 3820. The summed E-state index contributed by atoms with van der Waals surface area (Å²) in [5.41, 5.74) is -2.14. The molecule has 0 saturated heterocycles. The quantitative estimate of drug-likeness (QED) is 0.170. The summed E-state index contributed by atoms with van der Waals surface area (Å²) < 4.78 is 179. The van der Waals surface area contributed by atoms with E-state index in [1.807, 2.05) is 0 Å². The van der Waals surface area contributed by atoms with Crippen LogP contribution >= 0.6 is 0 Å². The van der Waals surface area contributed by atoms with E-state index in [0.29, 0.717) is 0 Å². The lowest BCUT2D eigenvalue weighted by Crippen LogP contribution is -2.05. The lowest BCUT2D eigenvalue weighted by atomic mass is 10.1. The van der Waals surface area contributed by atoms with Crippen LogP contribution in [0.15, 0.2) is 169 Å². The molecule has 0 aliphatic carbocycles. The molecule has 0 bridgehead atoms. The SMILES string of the molecule is [2H]c1c([2H])c([N+]#[C-])c([2H])c(-c2nc(-c3ccccc3-n3c4c([2H])c([2H])c([2H])c([2H])c4c4c([2H])c([2H])c([2H])c([2H])c43)nc(-c3ccccc3-n3c4c([2H])c([2H])c([2H])c([2H])c4c4c([2H])c([2H])c([2H])c([2H])c43)n2)c1[2H]. The van der Waals surface area contributed by atoms with E-state index in [1.54, 1.807) is 0 Å². The summed E-state index contributed by atoms with van der Waals surface area (Å²) in [6.45, 7) is 7.79. The highest BCUT2D eigenvalue weighted by molar-refractivity contribution is 6.10. The fourth-order valence-corrected chi connectivity index (χ4v) is 6.27. The molecule has 6 heteroatoms. The first kappa shape index (κ1) is 15.7. The fraction of sp³-hybridized carbons (Fsp3) is 0. The first-order valence-electron chi connectivity index (χ1n) is 25.5. The molecule has 3 heterocycles. The van der Waals surface area contributed by atoms with E-state index in [1.165, 1.54) is 57.7 Å². The Hall–Kier alpha value is -7.36. The topological polar surface area (TPSA) is 52.9 Å². The van der Waals surface area contributed by atoms with E-state index in [2.05, 4.69) is 4.85 Å². The summed E-state index contributed by atoms with van der Waals surface area (Å²) in [6.07, 6.45) is 0. The monoisotopic (exact) mass is 684 g/mol. The second-order valence-electron chi connectivity index (χ2n) is 11.2. The maximum absolute atomic E-state index is 9.14. The molecular formula is C46H28N6. The van der Waals surface area contributed by atoms with Crippen LogP contribution in [0, 0.1) is 6.57 Å². The summed E-state index contributed by atoms with van der Waals surface area (Å²) in [5, 5.41) is -0.912. The number of aromatic nitrogens is 5. The Kier molecular flexibility index (Phi) is 3.59. The molecule has 0 aliphatic rings. The van der Waals surface area contributed by atoms with Gasteiger partial charge in [-0.2, -0.15) is 0 Å². The van der Waals surface area contributed by atoms with Crippen molar-refractivity contribution in [3.8, 4) is 45.5 Å². The summed E-state index contributed by atoms with van der Waals surface area (Å²) in [5.74, 6) is -1.16. The molecule has 6 nitrogen and oxygen atoms in total. The average Bonchev–Trinajstić information content (AvgIpc) is 3.93. The molecule has 10 rings (SSSR count). The molecule has 0 saturated carbocycles. The third kappa shape index (κ3) is 4.61. The van der Waals surface area contributed by atoms with Crippen molar-refractivity contribution in [2.75, 3.05) is 0 Å². The summed E-state index contributed by atoms with van der Waals surface area (Å²) in [4.78, 5) is 17.6. The average molecular weight is 685 g/mol. The maximum atomic E-state index is 9.14. The van der Waals surface area contributed by atoms with Crippen LogP contribution < -0.4 is 0 Å². The van der Waals surface area contributed by atoms with Crippen LogP contribution in [0.5, 0.6) is 0 Å². The van der Waals surface area contributed by atoms with E-state index >= 15 is 0 Å². The normalized spacial score (nSPS) is 16.8. The molecule has 0 radical (unpaired) electrons. The molecule has 7 aromatic carbocycles. The minimum absolute atomic E-state index is 0.00901. The Labute approximate surface area is 327 Å². The van der Waals surface area contributed by atoms with Gasteiger partial charge >= 0.3 is 0 Å². The molecule has 0 atom stereocenters. The zero-order valence-corrected chi connectivity index (χ0v) is 26.3. The standard InChI is InChI=1S/C46H28N6/c1-47-31-16-14-15-30(29-31)44-48-45(36-21-6-12-27-42(36)51-38-23-8-2-17-32(38)33-18-3-9-24-39(33)51)50-46(49-44)37-22-7-13-28-43(37)52-40-25-10-4-19-34(40)35-20-5-11-26-41(35)52/h2-29H/i2D,3D,4D,5D,8D,9D,10D,11D,14D,15D,16D,17D,18D,19D,20D,23D,24D,25D,26D,29D. The third-order valence-corrected chi connectivity index (χ3v) is 8.42. The van der Waals surface area contributed by atoms with Crippen molar-refractivity contribution in [3.05, 3.63) is 181 Å². The van der Waals surface area contributed by atoms with Crippen molar-refractivity contribution in [2.45, 2.75) is 0 Å². The molecule has 0 amide bonds. The maximum Gasteiger partial charge on any atom is 0.187 e. The number of hydrogen-bond acceptors (Lipinski definition) is 3. The number of benzene rings is 7. The van der Waals surface area contributed by atoms with E-state index in [-0.39, 0.29) is 77.8 Å². The van der Waals surface area contributed by atoms with Gasteiger partial charge in [0.05, 0.1) is 64.7 Å². The van der Waals surface area contributed by atoms with Crippen LogP contribution in [0.1, 0.15) is 27.4 Å². The van der Waals surface area contributed by atoms with Crippen LogP contribution in [0.3, 0.4) is 0 Å². The zero-order valence-electron chi connectivity index (χ0n) is 46.3. The molecular weight excluding hydrogens is 637 g/mol. The van der Waals surface area contributed by atoms with Gasteiger partial charge in [-0.15, -0.1) is 0 Å². The van der Waals surface area contributed by atoms with E-state index in [4.69, 9.17) is 48.9 Å². The Morgan fingerprint density at radius 2 is 0.865 bits per heavy atom. The number of para-hydroxylation sites is 6. The highest BCUT2D eigenvalue weighted by Gasteiger charge is 2.21. The number of rotatable bonds is 5.